The number of anilines is 1. The Hall–Kier alpha value is -2.67. The number of hydrogen-bond acceptors (Lipinski definition) is 4. The minimum atomic E-state index is -3.70. The van der Waals surface area contributed by atoms with Crippen LogP contribution in [0.15, 0.2) is 64.6 Å². The topological polar surface area (TPSA) is 87.6 Å². The SMILES string of the molecule is C/C(=N\NS(=O)(=O)c1ccccc1)c1cccc(NC(=O)C2CC2)c1. The van der Waals surface area contributed by atoms with E-state index in [1.165, 1.54) is 12.1 Å². The van der Waals surface area contributed by atoms with Crippen LogP contribution in [0.5, 0.6) is 0 Å². The number of nitrogens with one attached hydrogen (secondary N) is 2. The Balaban J connectivity index is 1.72. The fourth-order valence-electron chi connectivity index (χ4n) is 2.26. The van der Waals surface area contributed by atoms with Crippen molar-refractivity contribution in [3.8, 4) is 0 Å². The molecule has 6 nitrogen and oxygen atoms in total. The van der Waals surface area contributed by atoms with E-state index in [1.54, 1.807) is 43.3 Å². The third-order valence-electron chi connectivity index (χ3n) is 3.88. The van der Waals surface area contributed by atoms with Crippen molar-refractivity contribution < 1.29 is 13.2 Å². The Morgan fingerprint density at radius 2 is 1.80 bits per heavy atom. The second-order valence-electron chi connectivity index (χ2n) is 5.95. The number of hydrazone groups is 1. The molecule has 0 radical (unpaired) electrons. The third kappa shape index (κ3) is 4.45. The molecule has 0 aromatic heterocycles. The minimum absolute atomic E-state index is 0.0246. The fourth-order valence-corrected chi connectivity index (χ4v) is 3.14. The maximum absolute atomic E-state index is 12.2. The summed E-state index contributed by atoms with van der Waals surface area (Å²) in [4.78, 5) is 14.2. The average molecular weight is 357 g/mol. The van der Waals surface area contributed by atoms with Crippen LogP contribution in [0.4, 0.5) is 5.69 Å². The van der Waals surface area contributed by atoms with Crippen molar-refractivity contribution in [3.05, 3.63) is 60.2 Å². The monoisotopic (exact) mass is 357 g/mol. The highest BCUT2D eigenvalue weighted by molar-refractivity contribution is 7.89. The highest BCUT2D eigenvalue weighted by Crippen LogP contribution is 2.30. The Morgan fingerprint density at radius 3 is 2.48 bits per heavy atom. The molecule has 2 aromatic rings. The standard InChI is InChI=1S/C18H19N3O3S/c1-13(20-21-25(23,24)17-8-3-2-4-9-17)15-6-5-7-16(12-15)19-18(22)14-10-11-14/h2-9,12,14,21H,10-11H2,1H3,(H,19,22)/b20-13+. The van der Waals surface area contributed by atoms with Gasteiger partial charge in [0.05, 0.1) is 10.6 Å². The molecular weight excluding hydrogens is 338 g/mol. The molecule has 1 saturated carbocycles. The summed E-state index contributed by atoms with van der Waals surface area (Å²) >= 11 is 0. The summed E-state index contributed by atoms with van der Waals surface area (Å²) in [6.45, 7) is 1.70. The van der Waals surface area contributed by atoms with Crippen LogP contribution in [-0.2, 0) is 14.8 Å². The van der Waals surface area contributed by atoms with Gasteiger partial charge in [0.1, 0.15) is 0 Å². The van der Waals surface area contributed by atoms with Crippen LogP contribution in [0.3, 0.4) is 0 Å². The van der Waals surface area contributed by atoms with Crippen LogP contribution in [0.25, 0.3) is 0 Å². The molecule has 0 spiro atoms. The number of amides is 1. The summed E-state index contributed by atoms with van der Waals surface area (Å²) in [5.41, 5.74) is 1.90. The first-order valence-corrected chi connectivity index (χ1v) is 9.46. The van der Waals surface area contributed by atoms with E-state index in [9.17, 15) is 13.2 Å². The smallest absolute Gasteiger partial charge is 0.276 e. The number of hydrogen-bond donors (Lipinski definition) is 2. The van der Waals surface area contributed by atoms with Crippen molar-refractivity contribution in [2.75, 3.05) is 5.32 Å². The molecule has 0 unspecified atom stereocenters. The molecule has 2 N–H and O–H groups in total. The molecule has 1 aliphatic rings. The molecule has 1 aliphatic carbocycles. The van der Waals surface area contributed by atoms with Crippen LogP contribution >= 0.6 is 0 Å². The fraction of sp³-hybridized carbons (Fsp3) is 0.222. The number of rotatable bonds is 6. The zero-order valence-corrected chi connectivity index (χ0v) is 14.6. The number of carbonyl (C=O) groups is 1. The van der Waals surface area contributed by atoms with Crippen molar-refractivity contribution in [2.24, 2.45) is 11.0 Å². The van der Waals surface area contributed by atoms with Gasteiger partial charge in [0, 0.05) is 11.6 Å². The number of benzene rings is 2. The van der Waals surface area contributed by atoms with Crippen LogP contribution < -0.4 is 10.1 Å². The van der Waals surface area contributed by atoms with Crippen molar-refractivity contribution in [1.29, 1.82) is 0 Å². The Labute approximate surface area is 147 Å². The molecular formula is C18H19N3O3S. The first-order chi connectivity index (χ1) is 12.0. The summed E-state index contributed by atoms with van der Waals surface area (Å²) < 4.78 is 24.4. The second-order valence-corrected chi connectivity index (χ2v) is 7.61. The molecule has 1 fully saturated rings. The molecule has 130 valence electrons. The zero-order chi connectivity index (χ0) is 17.9. The summed E-state index contributed by atoms with van der Waals surface area (Å²) in [7, 11) is -3.70. The van der Waals surface area contributed by atoms with E-state index in [1.807, 2.05) is 6.07 Å². The van der Waals surface area contributed by atoms with Gasteiger partial charge in [-0.25, -0.2) is 0 Å². The molecule has 3 rings (SSSR count). The van der Waals surface area contributed by atoms with E-state index in [0.29, 0.717) is 11.4 Å². The van der Waals surface area contributed by atoms with E-state index in [0.717, 1.165) is 18.4 Å². The molecule has 2 aromatic carbocycles. The van der Waals surface area contributed by atoms with Crippen molar-refractivity contribution >= 4 is 27.3 Å². The van der Waals surface area contributed by atoms with E-state index >= 15 is 0 Å². The van der Waals surface area contributed by atoms with Gasteiger partial charge >= 0.3 is 0 Å². The molecule has 25 heavy (non-hydrogen) atoms. The molecule has 0 aliphatic heterocycles. The lowest BCUT2D eigenvalue weighted by Gasteiger charge is -2.08. The van der Waals surface area contributed by atoms with Crippen LogP contribution in [-0.4, -0.2) is 20.0 Å². The molecule has 0 bridgehead atoms. The van der Waals surface area contributed by atoms with Crippen molar-refractivity contribution in [1.82, 2.24) is 4.83 Å². The summed E-state index contributed by atoms with van der Waals surface area (Å²) in [6, 6.07) is 15.2. The lowest BCUT2D eigenvalue weighted by atomic mass is 10.1. The van der Waals surface area contributed by atoms with Gasteiger partial charge < -0.3 is 5.32 Å². The number of carbonyl (C=O) groups excluding carboxylic acids is 1. The molecule has 0 heterocycles. The van der Waals surface area contributed by atoms with Gasteiger partial charge in [0.15, 0.2) is 0 Å². The lowest BCUT2D eigenvalue weighted by Crippen LogP contribution is -2.20. The number of nitrogens with zero attached hydrogens (tertiary/aromatic N) is 1. The van der Waals surface area contributed by atoms with Gasteiger partial charge in [-0.15, -0.1) is 0 Å². The quantitative estimate of drug-likeness (QED) is 0.615. The van der Waals surface area contributed by atoms with E-state index in [-0.39, 0.29) is 16.7 Å². The van der Waals surface area contributed by atoms with Gasteiger partial charge in [0.2, 0.25) is 5.91 Å². The van der Waals surface area contributed by atoms with Crippen molar-refractivity contribution in [3.63, 3.8) is 0 Å². The van der Waals surface area contributed by atoms with Gasteiger partial charge in [0.25, 0.3) is 10.0 Å². The Bertz CT molecular complexity index is 904. The van der Waals surface area contributed by atoms with Gasteiger partial charge in [-0.2, -0.15) is 18.4 Å². The Kier molecular flexibility index (Phi) is 4.85. The predicted molar refractivity (Wildman–Crippen MR) is 96.8 cm³/mol. The van der Waals surface area contributed by atoms with Crippen LogP contribution in [0.2, 0.25) is 0 Å². The van der Waals surface area contributed by atoms with Gasteiger partial charge in [-0.3, -0.25) is 4.79 Å². The molecule has 0 atom stereocenters. The van der Waals surface area contributed by atoms with E-state index < -0.39 is 10.0 Å². The maximum Gasteiger partial charge on any atom is 0.276 e. The first kappa shape index (κ1) is 17.2. The van der Waals surface area contributed by atoms with E-state index in [4.69, 9.17) is 0 Å². The van der Waals surface area contributed by atoms with Gasteiger partial charge in [-0.1, -0.05) is 30.3 Å². The van der Waals surface area contributed by atoms with Crippen molar-refractivity contribution in [2.45, 2.75) is 24.7 Å². The van der Waals surface area contributed by atoms with Crippen LogP contribution in [0.1, 0.15) is 25.3 Å². The van der Waals surface area contributed by atoms with E-state index in [2.05, 4.69) is 15.2 Å². The minimum Gasteiger partial charge on any atom is -0.326 e. The zero-order valence-electron chi connectivity index (χ0n) is 13.8. The second kappa shape index (κ2) is 7.06. The predicted octanol–water partition coefficient (Wildman–Crippen LogP) is 2.74. The number of sulfonamides is 1. The summed E-state index contributed by atoms with van der Waals surface area (Å²) in [5.74, 6) is 0.146. The lowest BCUT2D eigenvalue weighted by molar-refractivity contribution is -0.117. The van der Waals surface area contributed by atoms with Gasteiger partial charge in [-0.05, 0) is 49.6 Å². The average Bonchev–Trinajstić information content (AvgIpc) is 3.46. The molecule has 0 saturated heterocycles. The van der Waals surface area contributed by atoms with Crippen LogP contribution in [0, 0.1) is 5.92 Å². The molecule has 7 heteroatoms. The third-order valence-corrected chi connectivity index (χ3v) is 5.11. The largest absolute Gasteiger partial charge is 0.326 e. The molecule has 1 amide bonds. The first-order valence-electron chi connectivity index (χ1n) is 7.98. The summed E-state index contributed by atoms with van der Waals surface area (Å²) in [6.07, 6.45) is 1.88. The normalized spacial score (nSPS) is 14.8. The Morgan fingerprint density at radius 1 is 1.08 bits per heavy atom. The highest BCUT2D eigenvalue weighted by atomic mass is 32.2. The summed E-state index contributed by atoms with van der Waals surface area (Å²) in [5, 5.41) is 6.84. The maximum atomic E-state index is 12.2. The highest BCUT2D eigenvalue weighted by Gasteiger charge is 2.29.